The van der Waals surface area contributed by atoms with E-state index in [0.29, 0.717) is 60.2 Å². The largest absolute Gasteiger partial charge is 0.492 e. The normalized spacial score (nSPS) is 10.6. The van der Waals surface area contributed by atoms with Crippen molar-refractivity contribution in [1.82, 2.24) is 0 Å². The van der Waals surface area contributed by atoms with E-state index in [1.807, 2.05) is 0 Å². The highest BCUT2D eigenvalue weighted by Crippen LogP contribution is 2.30. The van der Waals surface area contributed by atoms with E-state index in [9.17, 15) is 19.2 Å². The predicted octanol–water partition coefficient (Wildman–Crippen LogP) is 15.4. The van der Waals surface area contributed by atoms with Crippen LogP contribution in [0.5, 0.6) is 11.5 Å². The third kappa shape index (κ3) is 23.7. The predicted molar refractivity (Wildman–Crippen MR) is 288 cm³/mol. The monoisotopic (exact) mass is 991 g/mol. The Balaban J connectivity index is 2.22. The van der Waals surface area contributed by atoms with Crippen LogP contribution in [0.4, 0.5) is 0 Å². The summed E-state index contributed by atoms with van der Waals surface area (Å²) in [5, 5.41) is 0. The number of esters is 4. The molecular weight excluding hydrogens is 905 g/mol. The molecule has 0 saturated heterocycles. The zero-order valence-electron chi connectivity index (χ0n) is 44.9. The molecule has 0 saturated carbocycles. The van der Waals surface area contributed by atoms with Crippen molar-refractivity contribution in [2.24, 2.45) is 0 Å². The van der Waals surface area contributed by atoms with Crippen molar-refractivity contribution in [2.75, 3.05) is 39.6 Å². The van der Waals surface area contributed by atoms with Gasteiger partial charge in [-0.05, 0) is 74.9 Å². The van der Waals surface area contributed by atoms with Crippen molar-refractivity contribution in [1.29, 1.82) is 0 Å². The summed E-state index contributed by atoms with van der Waals surface area (Å²) in [6.07, 6.45) is 23.3. The summed E-state index contributed by atoms with van der Waals surface area (Å²) in [6.45, 7) is 14.8. The van der Waals surface area contributed by atoms with Gasteiger partial charge in [-0.15, -0.1) is 0 Å². The van der Waals surface area contributed by atoms with Gasteiger partial charge in [-0.3, -0.25) is 0 Å². The maximum atomic E-state index is 13.6. The van der Waals surface area contributed by atoms with E-state index in [0.717, 1.165) is 154 Å². The van der Waals surface area contributed by atoms with E-state index in [1.165, 1.54) is 0 Å². The van der Waals surface area contributed by atoms with Crippen LogP contribution in [-0.2, 0) is 18.9 Å². The maximum absolute atomic E-state index is 13.6. The quantitative estimate of drug-likeness (QED) is 0.0241. The molecule has 10 heteroatoms. The fraction of sp³-hybridized carbons (Fsp3) is 0.581. The average molecular weight is 991 g/mol. The Labute approximate surface area is 433 Å². The van der Waals surface area contributed by atoms with Gasteiger partial charge in [0.15, 0.2) is 0 Å². The van der Waals surface area contributed by atoms with Crippen molar-refractivity contribution in [2.45, 2.75) is 196 Å². The Morgan fingerprint density at radius 3 is 0.903 bits per heavy atom. The molecule has 0 aliphatic heterocycles. The Bertz CT molecular complexity index is 2050. The van der Waals surface area contributed by atoms with Gasteiger partial charge in [0, 0.05) is 23.3 Å². The van der Waals surface area contributed by atoms with Crippen LogP contribution < -0.4 is 9.47 Å². The first-order valence-electron chi connectivity index (χ1n) is 27.6. The van der Waals surface area contributed by atoms with Gasteiger partial charge in [0.05, 0.1) is 73.0 Å². The summed E-state index contributed by atoms with van der Waals surface area (Å²) in [5.41, 5.74) is 2.69. The number of carbonyl (C=O) groups is 4. The Morgan fingerprint density at radius 2 is 0.597 bits per heavy atom. The van der Waals surface area contributed by atoms with Crippen molar-refractivity contribution < 1.29 is 47.6 Å². The first-order valence-corrected chi connectivity index (χ1v) is 27.6. The fourth-order valence-electron chi connectivity index (χ4n) is 7.69. The molecule has 0 aliphatic carbocycles. The molecule has 0 bridgehead atoms. The SMILES string of the molecule is CCCCCCOC(=O)c1ccc(C(=O)OCCCCCC)c(C#Cc2cc(OCCCCCC)c(C#Cc3cc(C(=O)OCCCCCC)ccc3C(=O)OCCCCCC)cc2OCCCCCC)c1. The minimum absolute atomic E-state index is 0.243. The second kappa shape index (κ2) is 38.0. The molecule has 0 heterocycles. The molecule has 0 aromatic heterocycles. The van der Waals surface area contributed by atoms with Crippen molar-refractivity contribution >= 4 is 23.9 Å². The topological polar surface area (TPSA) is 124 Å². The highest BCUT2D eigenvalue weighted by molar-refractivity contribution is 5.97. The summed E-state index contributed by atoms with van der Waals surface area (Å²) >= 11 is 0. The second-order valence-corrected chi connectivity index (χ2v) is 18.5. The Hall–Kier alpha value is -5.74. The van der Waals surface area contributed by atoms with E-state index >= 15 is 0 Å². The van der Waals surface area contributed by atoms with Gasteiger partial charge in [0.25, 0.3) is 0 Å². The summed E-state index contributed by atoms with van der Waals surface area (Å²) in [6, 6.07) is 13.1. The number of carbonyl (C=O) groups excluding carboxylic acids is 4. The van der Waals surface area contributed by atoms with Gasteiger partial charge in [-0.1, -0.05) is 181 Å². The van der Waals surface area contributed by atoms with Gasteiger partial charge >= 0.3 is 23.9 Å². The van der Waals surface area contributed by atoms with Crippen LogP contribution in [-0.4, -0.2) is 63.5 Å². The molecule has 0 aliphatic rings. The minimum Gasteiger partial charge on any atom is -0.492 e. The molecule has 0 radical (unpaired) electrons. The van der Waals surface area contributed by atoms with Gasteiger partial charge in [0.1, 0.15) is 11.5 Å². The van der Waals surface area contributed by atoms with Crippen LogP contribution in [0, 0.1) is 23.7 Å². The first kappa shape index (κ1) is 60.6. The van der Waals surface area contributed by atoms with E-state index in [2.05, 4.69) is 65.2 Å². The minimum atomic E-state index is -0.520. The first-order chi connectivity index (χ1) is 35.2. The van der Waals surface area contributed by atoms with Gasteiger partial charge in [-0.25, -0.2) is 19.2 Å². The van der Waals surface area contributed by atoms with E-state index in [-0.39, 0.29) is 35.5 Å². The molecule has 72 heavy (non-hydrogen) atoms. The highest BCUT2D eigenvalue weighted by atomic mass is 16.5. The zero-order chi connectivity index (χ0) is 52.0. The van der Waals surface area contributed by atoms with Gasteiger partial charge < -0.3 is 28.4 Å². The third-order valence-electron chi connectivity index (χ3n) is 12.1. The molecule has 10 nitrogen and oxygen atoms in total. The molecule has 0 fully saturated rings. The molecule has 3 rings (SSSR count). The lowest BCUT2D eigenvalue weighted by molar-refractivity contribution is 0.0483. The standard InChI is InChI=1S/C62H86O10/c1-7-13-19-25-39-67-57-47-52(34-32-50-46-54(60(64)70-42-28-22-16-10-4)36-38-56(50)62(66)72-44-30-24-18-12-6)58(68-40-26-20-14-8-2)48-51(57)33-31-49-45-53(59(63)69-41-27-21-15-9-3)35-37-55(49)61(65)71-43-29-23-17-11-5/h35-38,45-48H,7-30,39-44H2,1-6H3. The molecule has 0 amide bonds. The number of unbranched alkanes of at least 4 members (excludes halogenated alkanes) is 18. The summed E-state index contributed by atoms with van der Waals surface area (Å²) < 4.78 is 35.7. The Morgan fingerprint density at radius 1 is 0.319 bits per heavy atom. The van der Waals surface area contributed by atoms with Gasteiger partial charge in [0.2, 0.25) is 0 Å². The zero-order valence-corrected chi connectivity index (χ0v) is 44.9. The van der Waals surface area contributed by atoms with Gasteiger partial charge in [-0.2, -0.15) is 0 Å². The molecule has 0 atom stereocenters. The van der Waals surface area contributed by atoms with Crippen LogP contribution in [0.3, 0.4) is 0 Å². The molecule has 0 spiro atoms. The lowest BCUT2D eigenvalue weighted by Crippen LogP contribution is -2.11. The molecule has 394 valence electrons. The lowest BCUT2D eigenvalue weighted by Gasteiger charge is -2.14. The summed E-state index contributed by atoms with van der Waals surface area (Å²) in [7, 11) is 0. The van der Waals surface area contributed by atoms with Crippen LogP contribution in [0.25, 0.3) is 0 Å². The smallest absolute Gasteiger partial charge is 0.339 e. The van der Waals surface area contributed by atoms with Crippen LogP contribution in [0.2, 0.25) is 0 Å². The number of rotatable bonds is 36. The number of ether oxygens (including phenoxy) is 6. The number of hydrogen-bond acceptors (Lipinski definition) is 10. The average Bonchev–Trinajstić information content (AvgIpc) is 3.39. The van der Waals surface area contributed by atoms with Crippen LogP contribution in [0.15, 0.2) is 48.5 Å². The van der Waals surface area contributed by atoms with Crippen molar-refractivity contribution in [3.05, 3.63) is 93.0 Å². The lowest BCUT2D eigenvalue weighted by atomic mass is 10.0. The highest BCUT2D eigenvalue weighted by Gasteiger charge is 2.19. The maximum Gasteiger partial charge on any atom is 0.339 e. The van der Waals surface area contributed by atoms with Crippen LogP contribution >= 0.6 is 0 Å². The summed E-state index contributed by atoms with van der Waals surface area (Å²) in [4.78, 5) is 53.8. The molecule has 0 unspecified atom stereocenters. The fourth-order valence-corrected chi connectivity index (χ4v) is 7.69. The van der Waals surface area contributed by atoms with E-state index < -0.39 is 23.9 Å². The molecule has 3 aromatic rings. The van der Waals surface area contributed by atoms with Crippen molar-refractivity contribution in [3.63, 3.8) is 0 Å². The third-order valence-corrected chi connectivity index (χ3v) is 12.1. The molecule has 0 N–H and O–H groups in total. The molecule has 3 aromatic carbocycles. The molecular formula is C62H86O10. The second-order valence-electron chi connectivity index (χ2n) is 18.5. The van der Waals surface area contributed by atoms with Crippen molar-refractivity contribution in [3.8, 4) is 35.2 Å². The Kier molecular flexibility index (Phi) is 31.9. The number of benzene rings is 3. The van der Waals surface area contributed by atoms with E-state index in [4.69, 9.17) is 28.4 Å². The van der Waals surface area contributed by atoms with E-state index in [1.54, 1.807) is 48.5 Å². The van der Waals surface area contributed by atoms with Crippen LogP contribution in [0.1, 0.15) is 259 Å². The summed E-state index contributed by atoms with van der Waals surface area (Å²) in [5.74, 6) is 11.9. The number of hydrogen-bond donors (Lipinski definition) is 0.